The molecule has 0 saturated heterocycles. The average molecular weight is 548 g/mol. The van der Waals surface area contributed by atoms with Crippen molar-refractivity contribution in [3.05, 3.63) is 101 Å². The van der Waals surface area contributed by atoms with Crippen molar-refractivity contribution in [1.82, 2.24) is 20.3 Å². The molecule has 8 nitrogen and oxygen atoms in total. The van der Waals surface area contributed by atoms with Crippen LogP contribution in [0.4, 0.5) is 15.9 Å². The fourth-order valence-electron chi connectivity index (χ4n) is 4.01. The molecule has 0 aliphatic heterocycles. The number of rotatable bonds is 11. The molecule has 5 aromatic rings. The van der Waals surface area contributed by atoms with Crippen molar-refractivity contribution in [3.8, 4) is 17.1 Å². The Morgan fingerprint density at radius 1 is 1.05 bits per heavy atom. The minimum absolute atomic E-state index is 0.203. The Morgan fingerprint density at radius 3 is 2.77 bits per heavy atom. The number of anilines is 2. The van der Waals surface area contributed by atoms with Gasteiger partial charge < -0.3 is 25.0 Å². The van der Waals surface area contributed by atoms with Crippen LogP contribution in [0.25, 0.3) is 22.2 Å². The molecule has 0 radical (unpaired) electrons. The zero-order valence-corrected chi connectivity index (χ0v) is 22.0. The summed E-state index contributed by atoms with van der Waals surface area (Å²) in [6.45, 7) is 1.91. The van der Waals surface area contributed by atoms with Gasteiger partial charge in [0, 0.05) is 36.8 Å². The second-order valence-electron chi connectivity index (χ2n) is 8.97. The fourth-order valence-corrected chi connectivity index (χ4v) is 4.25. The number of aromatic nitrogens is 2. The van der Waals surface area contributed by atoms with E-state index in [0.29, 0.717) is 41.8 Å². The zero-order chi connectivity index (χ0) is 27.2. The summed E-state index contributed by atoms with van der Waals surface area (Å²) in [5, 5.41) is 18.1. The topological polar surface area (TPSA) is 95.7 Å². The number of furan rings is 1. The first kappa shape index (κ1) is 26.6. The lowest BCUT2D eigenvalue weighted by Gasteiger charge is -2.12. The van der Waals surface area contributed by atoms with Crippen LogP contribution in [0.3, 0.4) is 0 Å². The molecule has 10 heteroatoms. The second kappa shape index (κ2) is 12.2. The zero-order valence-electron chi connectivity index (χ0n) is 21.2. The van der Waals surface area contributed by atoms with E-state index >= 15 is 0 Å². The average Bonchev–Trinajstić information content (AvgIpc) is 3.40. The molecule has 0 atom stereocenters. The summed E-state index contributed by atoms with van der Waals surface area (Å²) in [6, 6.07) is 21.3. The number of hydroxylamine groups is 2. The molecule has 2 aromatic heterocycles. The van der Waals surface area contributed by atoms with Crippen LogP contribution in [0.5, 0.6) is 5.75 Å². The van der Waals surface area contributed by atoms with Crippen LogP contribution in [0.2, 0.25) is 5.02 Å². The van der Waals surface area contributed by atoms with E-state index in [2.05, 4.69) is 20.6 Å². The predicted molar refractivity (Wildman–Crippen MR) is 149 cm³/mol. The number of halogens is 2. The van der Waals surface area contributed by atoms with Crippen molar-refractivity contribution < 1.29 is 18.8 Å². The summed E-state index contributed by atoms with van der Waals surface area (Å²) in [4.78, 5) is 8.84. The third-order valence-corrected chi connectivity index (χ3v) is 6.27. The van der Waals surface area contributed by atoms with Gasteiger partial charge in [0.1, 0.15) is 41.8 Å². The molecule has 3 N–H and O–H groups in total. The number of nitrogens with zero attached hydrogens (tertiary/aromatic N) is 3. The summed E-state index contributed by atoms with van der Waals surface area (Å²) in [5.41, 5.74) is 3.11. The van der Waals surface area contributed by atoms with Crippen LogP contribution < -0.4 is 15.4 Å². The molecule has 0 bridgehead atoms. The van der Waals surface area contributed by atoms with Crippen LogP contribution in [-0.4, -0.2) is 40.4 Å². The Kier molecular flexibility index (Phi) is 8.33. The van der Waals surface area contributed by atoms with Crippen molar-refractivity contribution in [1.29, 1.82) is 0 Å². The lowest BCUT2D eigenvalue weighted by Crippen LogP contribution is -2.26. The number of benzene rings is 3. The summed E-state index contributed by atoms with van der Waals surface area (Å²) in [7, 11) is 1.61. The van der Waals surface area contributed by atoms with Gasteiger partial charge in [0.2, 0.25) is 0 Å². The van der Waals surface area contributed by atoms with Crippen molar-refractivity contribution in [2.45, 2.75) is 13.2 Å². The molecule has 0 spiro atoms. The third kappa shape index (κ3) is 6.90. The summed E-state index contributed by atoms with van der Waals surface area (Å²) >= 11 is 6.48. The molecule has 3 aromatic carbocycles. The first-order valence-electron chi connectivity index (χ1n) is 12.3. The Morgan fingerprint density at radius 2 is 1.95 bits per heavy atom. The van der Waals surface area contributed by atoms with Crippen LogP contribution in [0, 0.1) is 5.82 Å². The molecule has 0 saturated carbocycles. The van der Waals surface area contributed by atoms with E-state index < -0.39 is 0 Å². The Labute approximate surface area is 230 Å². The Bertz CT molecular complexity index is 1580. The summed E-state index contributed by atoms with van der Waals surface area (Å²) in [5.74, 6) is 2.32. The van der Waals surface area contributed by atoms with Crippen molar-refractivity contribution in [2.75, 3.05) is 25.5 Å². The predicted octanol–water partition coefficient (Wildman–Crippen LogP) is 6.42. The van der Waals surface area contributed by atoms with Gasteiger partial charge in [0.05, 0.1) is 17.1 Å². The van der Waals surface area contributed by atoms with Crippen molar-refractivity contribution in [3.63, 3.8) is 0 Å². The van der Waals surface area contributed by atoms with Gasteiger partial charge in [0.15, 0.2) is 0 Å². The quantitative estimate of drug-likeness (QED) is 0.129. The second-order valence-corrected chi connectivity index (χ2v) is 9.37. The molecule has 2 heterocycles. The number of likely N-dealkylation sites (N-methyl/N-ethyl adjacent to an activating group) is 1. The number of hydrogen-bond donors (Lipinski definition) is 3. The maximum Gasteiger partial charge on any atom is 0.141 e. The van der Waals surface area contributed by atoms with Gasteiger partial charge in [0.25, 0.3) is 0 Å². The van der Waals surface area contributed by atoms with Gasteiger partial charge in [-0.15, -0.1) is 0 Å². The summed E-state index contributed by atoms with van der Waals surface area (Å²) in [6.07, 6.45) is 1.50. The van der Waals surface area contributed by atoms with E-state index in [1.807, 2.05) is 36.4 Å². The minimum atomic E-state index is -0.311. The lowest BCUT2D eigenvalue weighted by atomic mass is 10.1. The molecule has 0 fully saturated rings. The third-order valence-electron chi connectivity index (χ3n) is 5.97. The highest BCUT2D eigenvalue weighted by atomic mass is 35.5. The largest absolute Gasteiger partial charge is 0.487 e. The maximum atomic E-state index is 13.4. The number of nitrogens with one attached hydrogen (secondary N) is 2. The van der Waals surface area contributed by atoms with E-state index in [0.717, 1.165) is 38.7 Å². The molecular weight excluding hydrogens is 521 g/mol. The minimum Gasteiger partial charge on any atom is -0.487 e. The van der Waals surface area contributed by atoms with Crippen molar-refractivity contribution in [2.24, 2.45) is 0 Å². The van der Waals surface area contributed by atoms with Gasteiger partial charge in [-0.3, -0.25) is 0 Å². The van der Waals surface area contributed by atoms with E-state index in [1.165, 1.54) is 18.5 Å². The number of hydrogen-bond acceptors (Lipinski definition) is 8. The SMILES string of the molecule is CN(O)CCNCc1ccc(-c2ccc3ncnc(Nc4ccc(OCc5cccc(F)c5)c(Cl)c4)c3c2)o1. The highest BCUT2D eigenvalue weighted by Crippen LogP contribution is 2.32. The Hall–Kier alpha value is -4.02. The molecule has 0 unspecified atom stereocenters. The normalized spacial score (nSPS) is 11.3. The van der Waals surface area contributed by atoms with Gasteiger partial charge >= 0.3 is 0 Å². The molecule has 0 aliphatic rings. The van der Waals surface area contributed by atoms with Crippen LogP contribution >= 0.6 is 11.6 Å². The van der Waals surface area contributed by atoms with E-state index in [-0.39, 0.29) is 12.4 Å². The van der Waals surface area contributed by atoms with E-state index in [1.54, 1.807) is 31.3 Å². The van der Waals surface area contributed by atoms with Gasteiger partial charge in [-0.25, -0.2) is 14.4 Å². The number of ether oxygens (including phenoxy) is 1. The van der Waals surface area contributed by atoms with Gasteiger partial charge in [-0.05, 0) is 66.2 Å². The monoisotopic (exact) mass is 547 g/mol. The standard InChI is InChI=1S/C29H27ClFN5O3/c1-36(37)12-11-32-16-23-7-10-27(39-23)20-5-8-26-24(14-20)29(34-18-33-26)35-22-6-9-28(25(30)15-22)38-17-19-3-2-4-21(31)13-19/h2-10,13-15,18,32,37H,11-12,16-17H2,1H3,(H,33,34,35). The molecule has 5 rings (SSSR count). The molecular formula is C29H27ClFN5O3. The molecule has 200 valence electrons. The van der Waals surface area contributed by atoms with Gasteiger partial charge in [-0.2, -0.15) is 5.06 Å². The highest BCUT2D eigenvalue weighted by molar-refractivity contribution is 6.32. The highest BCUT2D eigenvalue weighted by Gasteiger charge is 2.11. The maximum absolute atomic E-state index is 13.4. The first-order chi connectivity index (χ1) is 18.9. The fraction of sp³-hybridized carbons (Fsp3) is 0.172. The van der Waals surface area contributed by atoms with E-state index in [4.69, 9.17) is 20.8 Å². The van der Waals surface area contributed by atoms with Crippen LogP contribution in [0.15, 0.2) is 83.5 Å². The number of fused-ring (bicyclic) bond motifs is 1. The smallest absolute Gasteiger partial charge is 0.141 e. The molecule has 0 aliphatic carbocycles. The molecule has 0 amide bonds. The van der Waals surface area contributed by atoms with E-state index in [9.17, 15) is 9.60 Å². The Balaban J connectivity index is 1.30. The van der Waals surface area contributed by atoms with Crippen LogP contribution in [0.1, 0.15) is 11.3 Å². The summed E-state index contributed by atoms with van der Waals surface area (Å²) < 4.78 is 25.2. The molecule has 39 heavy (non-hydrogen) atoms. The van der Waals surface area contributed by atoms with Gasteiger partial charge in [-0.1, -0.05) is 23.7 Å². The lowest BCUT2D eigenvalue weighted by molar-refractivity contribution is -0.0631. The van der Waals surface area contributed by atoms with Crippen molar-refractivity contribution >= 4 is 34.0 Å². The van der Waals surface area contributed by atoms with Crippen LogP contribution in [-0.2, 0) is 13.2 Å². The first-order valence-corrected chi connectivity index (χ1v) is 12.7.